The van der Waals surface area contributed by atoms with E-state index in [0.29, 0.717) is 46.5 Å². The number of methoxy groups -OCH3 is 1. The van der Waals surface area contributed by atoms with E-state index < -0.39 is 12.0 Å². The molecule has 8 heteroatoms. The van der Waals surface area contributed by atoms with Crippen LogP contribution in [0.1, 0.15) is 19.3 Å². The van der Waals surface area contributed by atoms with Gasteiger partial charge in [0.1, 0.15) is 17.2 Å². The lowest BCUT2D eigenvalue weighted by Crippen LogP contribution is -2.34. The van der Waals surface area contributed by atoms with Gasteiger partial charge in [-0.15, -0.1) is 0 Å². The molecule has 1 saturated carbocycles. The van der Waals surface area contributed by atoms with Crippen molar-refractivity contribution in [2.75, 3.05) is 12.4 Å². The smallest absolute Gasteiger partial charge is 0.267 e. The lowest BCUT2D eigenvalue weighted by Gasteiger charge is -2.21. The van der Waals surface area contributed by atoms with Crippen LogP contribution in [-0.2, 0) is 0 Å². The second kappa shape index (κ2) is 6.39. The molecule has 0 spiro atoms. The van der Waals surface area contributed by atoms with Gasteiger partial charge in [0.2, 0.25) is 0 Å². The van der Waals surface area contributed by atoms with Gasteiger partial charge in [-0.25, -0.2) is 18.7 Å². The van der Waals surface area contributed by atoms with Crippen LogP contribution in [0.5, 0.6) is 5.75 Å². The molecule has 3 aromatic rings. The number of hydrogen-bond donors (Lipinski definition) is 1. The monoisotopic (exact) mass is 378 g/mol. The van der Waals surface area contributed by atoms with Crippen molar-refractivity contribution in [3.05, 3.63) is 41.7 Å². The molecule has 1 atom stereocenters. The number of ether oxygens (including phenoxy) is 1. The van der Waals surface area contributed by atoms with E-state index in [1.165, 1.54) is 7.11 Å². The van der Waals surface area contributed by atoms with Gasteiger partial charge in [-0.2, -0.15) is 0 Å². The van der Waals surface area contributed by atoms with Crippen molar-refractivity contribution in [1.82, 2.24) is 14.4 Å². The number of pyridine rings is 2. The molecular weight excluding hydrogens is 362 g/mol. The summed E-state index contributed by atoms with van der Waals surface area (Å²) in [6, 6.07) is 6.12. The first-order valence-corrected chi connectivity index (χ1v) is 8.68. The molecule has 136 valence electrons. The summed E-state index contributed by atoms with van der Waals surface area (Å²) in [5.41, 5.74) is 1.99. The first-order valence-electron chi connectivity index (χ1n) is 8.30. The lowest BCUT2D eigenvalue weighted by molar-refractivity contribution is -0.000685. The fourth-order valence-electron chi connectivity index (χ4n) is 3.27. The number of nitrogens with one attached hydrogen (secondary N) is 1. The minimum atomic E-state index is -2.70. The zero-order valence-electron chi connectivity index (χ0n) is 14.0. The SMILES string of the molecule is COc1cc2ncc(-c3cccc(NC4CCCC4(F)F)n3)n2cc1Cl. The number of alkyl halides is 2. The fourth-order valence-corrected chi connectivity index (χ4v) is 3.50. The number of rotatable bonds is 4. The van der Waals surface area contributed by atoms with Gasteiger partial charge >= 0.3 is 0 Å². The number of nitrogens with zero attached hydrogens (tertiary/aromatic N) is 3. The van der Waals surface area contributed by atoms with E-state index in [4.69, 9.17) is 16.3 Å². The second-order valence-corrected chi connectivity index (χ2v) is 6.73. The minimum absolute atomic E-state index is 0.0854. The molecule has 0 radical (unpaired) electrons. The van der Waals surface area contributed by atoms with Gasteiger partial charge in [-0.05, 0) is 25.0 Å². The van der Waals surface area contributed by atoms with Gasteiger partial charge in [0.25, 0.3) is 5.92 Å². The Morgan fingerprint density at radius 1 is 1.38 bits per heavy atom. The molecule has 3 aromatic heterocycles. The number of aromatic nitrogens is 3. The van der Waals surface area contributed by atoms with Gasteiger partial charge in [0, 0.05) is 18.7 Å². The Kier molecular flexibility index (Phi) is 4.19. The van der Waals surface area contributed by atoms with Crippen LogP contribution in [0.25, 0.3) is 17.0 Å². The summed E-state index contributed by atoms with van der Waals surface area (Å²) in [5, 5.41) is 3.32. The van der Waals surface area contributed by atoms with Crippen molar-refractivity contribution in [2.45, 2.75) is 31.2 Å². The lowest BCUT2D eigenvalue weighted by atomic mass is 10.2. The number of fused-ring (bicyclic) bond motifs is 1. The maximum atomic E-state index is 13.9. The first kappa shape index (κ1) is 17.0. The van der Waals surface area contributed by atoms with Crippen molar-refractivity contribution in [1.29, 1.82) is 0 Å². The quantitative estimate of drug-likeness (QED) is 0.717. The molecule has 4 rings (SSSR count). The first-order chi connectivity index (χ1) is 12.5. The van der Waals surface area contributed by atoms with Crippen molar-refractivity contribution in [2.24, 2.45) is 0 Å². The van der Waals surface area contributed by atoms with Crippen molar-refractivity contribution >= 4 is 23.1 Å². The van der Waals surface area contributed by atoms with Crippen LogP contribution in [0.2, 0.25) is 5.02 Å². The molecule has 0 aliphatic heterocycles. The maximum Gasteiger partial charge on any atom is 0.267 e. The van der Waals surface area contributed by atoms with Crippen LogP contribution < -0.4 is 10.1 Å². The highest BCUT2D eigenvalue weighted by Gasteiger charge is 2.43. The van der Waals surface area contributed by atoms with Crippen LogP contribution in [0.3, 0.4) is 0 Å². The van der Waals surface area contributed by atoms with E-state index in [0.717, 1.165) is 0 Å². The average Bonchev–Trinajstić information content (AvgIpc) is 3.17. The summed E-state index contributed by atoms with van der Waals surface area (Å²) in [4.78, 5) is 8.83. The zero-order chi connectivity index (χ0) is 18.3. The maximum absolute atomic E-state index is 13.9. The highest BCUT2D eigenvalue weighted by atomic mass is 35.5. The van der Waals surface area contributed by atoms with Gasteiger partial charge < -0.3 is 10.1 Å². The molecule has 0 aromatic carbocycles. The summed E-state index contributed by atoms with van der Waals surface area (Å²) < 4.78 is 34.7. The number of imidazole rings is 1. The van der Waals surface area contributed by atoms with Crippen LogP contribution in [0.4, 0.5) is 14.6 Å². The molecule has 1 aliphatic rings. The molecular formula is C18H17ClF2N4O. The van der Waals surface area contributed by atoms with Gasteiger partial charge in [-0.3, -0.25) is 4.40 Å². The normalized spacial score (nSPS) is 19.0. The van der Waals surface area contributed by atoms with Gasteiger partial charge in [0.15, 0.2) is 0 Å². The molecule has 1 aliphatic carbocycles. The molecule has 1 unspecified atom stereocenters. The van der Waals surface area contributed by atoms with Gasteiger partial charge in [0.05, 0.1) is 35.8 Å². The predicted molar refractivity (Wildman–Crippen MR) is 96.2 cm³/mol. The Morgan fingerprint density at radius 2 is 2.23 bits per heavy atom. The van der Waals surface area contributed by atoms with Crippen LogP contribution >= 0.6 is 11.6 Å². The third-order valence-corrected chi connectivity index (χ3v) is 4.91. The minimum Gasteiger partial charge on any atom is -0.495 e. The molecule has 1 N–H and O–H groups in total. The zero-order valence-corrected chi connectivity index (χ0v) is 14.8. The molecule has 3 heterocycles. The van der Waals surface area contributed by atoms with Gasteiger partial charge in [-0.1, -0.05) is 17.7 Å². The number of hydrogen-bond acceptors (Lipinski definition) is 4. The Hall–Kier alpha value is -2.41. The Morgan fingerprint density at radius 3 is 2.96 bits per heavy atom. The standard InChI is InChI=1S/C18H17ClF2N4O/c1-26-14-8-17-22-9-13(25(17)10-11(14)19)12-4-2-6-16(23-12)24-15-5-3-7-18(15,20)21/h2,4,6,8-10,15H,3,5,7H2,1H3,(H,23,24). The topological polar surface area (TPSA) is 51.5 Å². The van der Waals surface area contributed by atoms with E-state index in [2.05, 4.69) is 15.3 Å². The number of halogens is 3. The highest BCUT2D eigenvalue weighted by molar-refractivity contribution is 6.32. The van der Waals surface area contributed by atoms with E-state index >= 15 is 0 Å². The summed E-state index contributed by atoms with van der Waals surface area (Å²) in [5.74, 6) is -1.75. The Balaban J connectivity index is 1.68. The molecule has 0 bridgehead atoms. The second-order valence-electron chi connectivity index (χ2n) is 6.32. The van der Waals surface area contributed by atoms with Crippen molar-refractivity contribution in [3.63, 3.8) is 0 Å². The van der Waals surface area contributed by atoms with E-state index in [9.17, 15) is 8.78 Å². The molecule has 0 amide bonds. The number of anilines is 1. The Bertz CT molecular complexity index is 960. The van der Waals surface area contributed by atoms with Crippen LogP contribution in [0.15, 0.2) is 36.7 Å². The average molecular weight is 379 g/mol. The third-order valence-electron chi connectivity index (χ3n) is 4.63. The summed E-state index contributed by atoms with van der Waals surface area (Å²) in [6.45, 7) is 0. The predicted octanol–water partition coefficient (Wildman–Crippen LogP) is 4.66. The van der Waals surface area contributed by atoms with Crippen LogP contribution in [-0.4, -0.2) is 33.4 Å². The Labute approximate surface area is 154 Å². The van der Waals surface area contributed by atoms with Crippen molar-refractivity contribution < 1.29 is 13.5 Å². The summed E-state index contributed by atoms with van der Waals surface area (Å²) >= 11 is 6.21. The van der Waals surface area contributed by atoms with Crippen molar-refractivity contribution in [3.8, 4) is 17.1 Å². The molecule has 26 heavy (non-hydrogen) atoms. The largest absolute Gasteiger partial charge is 0.495 e. The summed E-state index contributed by atoms with van der Waals surface area (Å²) in [6.07, 6.45) is 4.23. The fraction of sp³-hybridized carbons (Fsp3) is 0.333. The van der Waals surface area contributed by atoms with Crippen LogP contribution in [0, 0.1) is 0 Å². The molecule has 5 nitrogen and oxygen atoms in total. The van der Waals surface area contributed by atoms with E-state index in [-0.39, 0.29) is 6.42 Å². The highest BCUT2D eigenvalue weighted by Crippen LogP contribution is 2.37. The van der Waals surface area contributed by atoms with E-state index in [1.54, 1.807) is 41.1 Å². The molecule has 1 fully saturated rings. The van der Waals surface area contributed by atoms with E-state index in [1.807, 2.05) is 0 Å². The third kappa shape index (κ3) is 2.96. The molecule has 0 saturated heterocycles. The summed E-state index contributed by atoms with van der Waals surface area (Å²) in [7, 11) is 1.54.